The molecular weight excluding hydrogens is 210 g/mol. The van der Waals surface area contributed by atoms with Gasteiger partial charge in [-0.1, -0.05) is 0 Å². The van der Waals surface area contributed by atoms with Gasteiger partial charge in [0.05, 0.1) is 24.7 Å². The van der Waals surface area contributed by atoms with Crippen molar-refractivity contribution in [3.63, 3.8) is 0 Å². The van der Waals surface area contributed by atoms with E-state index in [1.807, 2.05) is 11.8 Å². The molecule has 1 atom stereocenters. The summed E-state index contributed by atoms with van der Waals surface area (Å²) in [7, 11) is 0. The molecule has 2 rings (SSSR count). The van der Waals surface area contributed by atoms with E-state index in [1.54, 1.807) is 12.4 Å². The van der Waals surface area contributed by atoms with Crippen LogP contribution in [0.5, 0.6) is 0 Å². The second kappa shape index (κ2) is 4.81. The monoisotopic (exact) mass is 225 g/mol. The quantitative estimate of drug-likeness (QED) is 0.810. The fourth-order valence-electron chi connectivity index (χ4n) is 1.65. The highest BCUT2D eigenvalue weighted by Gasteiger charge is 2.19. The van der Waals surface area contributed by atoms with Gasteiger partial charge in [0.15, 0.2) is 0 Å². The Labute approximate surface area is 93.7 Å². The Bertz CT molecular complexity index is 317. The first kappa shape index (κ1) is 10.7. The third-order valence-corrected chi connectivity index (χ3v) is 3.70. The number of aromatic nitrogens is 2. The van der Waals surface area contributed by atoms with E-state index in [1.165, 1.54) is 0 Å². The summed E-state index contributed by atoms with van der Waals surface area (Å²) >= 11 is 1.98. The van der Waals surface area contributed by atoms with E-state index in [0.717, 1.165) is 23.9 Å². The van der Waals surface area contributed by atoms with E-state index in [4.69, 9.17) is 5.11 Å². The Hall–Kier alpha value is -0.810. The highest BCUT2D eigenvalue weighted by molar-refractivity contribution is 7.99. The predicted octanol–water partition coefficient (Wildman–Crippen LogP) is 0.911. The molecule has 0 radical (unpaired) electrons. The van der Waals surface area contributed by atoms with Crippen molar-refractivity contribution in [1.82, 2.24) is 9.97 Å². The maximum absolute atomic E-state index is 8.87. The Kier molecular flexibility index (Phi) is 3.43. The third-order valence-electron chi connectivity index (χ3n) is 2.52. The minimum atomic E-state index is -0.0430. The van der Waals surface area contributed by atoms with Gasteiger partial charge < -0.3 is 10.0 Å². The first-order valence-electron chi connectivity index (χ1n) is 5.07. The molecule has 1 aliphatic heterocycles. The Morgan fingerprint density at radius 2 is 2.40 bits per heavy atom. The lowest BCUT2D eigenvalue weighted by atomic mass is 10.3. The average molecular weight is 225 g/mol. The Morgan fingerprint density at radius 1 is 1.53 bits per heavy atom. The van der Waals surface area contributed by atoms with E-state index < -0.39 is 0 Å². The number of thioether (sulfide) groups is 1. The standard InChI is InChI=1S/C10H15N3OS/c1-8-7-15-3-2-13(8)10-5-11-9(6-14)4-12-10/h4-5,8,14H,2-3,6-7H2,1H3. The van der Waals surface area contributed by atoms with E-state index in [0.29, 0.717) is 11.7 Å². The normalized spacial score (nSPS) is 21.7. The maximum atomic E-state index is 8.87. The summed E-state index contributed by atoms with van der Waals surface area (Å²) in [5, 5.41) is 8.87. The molecule has 0 bridgehead atoms. The molecule has 2 heterocycles. The van der Waals surface area contributed by atoms with E-state index in [-0.39, 0.29) is 6.61 Å². The molecule has 1 aromatic rings. The van der Waals surface area contributed by atoms with Gasteiger partial charge in [0.25, 0.3) is 0 Å². The smallest absolute Gasteiger partial charge is 0.147 e. The van der Waals surface area contributed by atoms with Crippen molar-refractivity contribution in [2.45, 2.75) is 19.6 Å². The molecule has 0 aliphatic carbocycles. The molecule has 4 nitrogen and oxygen atoms in total. The molecule has 82 valence electrons. The van der Waals surface area contributed by atoms with Crippen molar-refractivity contribution in [2.75, 3.05) is 23.0 Å². The Morgan fingerprint density at radius 3 is 3.00 bits per heavy atom. The molecule has 0 saturated carbocycles. The van der Waals surface area contributed by atoms with Gasteiger partial charge in [-0.15, -0.1) is 0 Å². The zero-order chi connectivity index (χ0) is 10.7. The van der Waals surface area contributed by atoms with Gasteiger partial charge in [-0.25, -0.2) is 4.98 Å². The molecule has 1 aromatic heterocycles. The van der Waals surface area contributed by atoms with Crippen LogP contribution >= 0.6 is 11.8 Å². The summed E-state index contributed by atoms with van der Waals surface area (Å²) in [6.07, 6.45) is 3.39. The summed E-state index contributed by atoms with van der Waals surface area (Å²) in [4.78, 5) is 10.7. The lowest BCUT2D eigenvalue weighted by molar-refractivity contribution is 0.276. The fraction of sp³-hybridized carbons (Fsp3) is 0.600. The van der Waals surface area contributed by atoms with Crippen LogP contribution in [0, 0.1) is 0 Å². The van der Waals surface area contributed by atoms with E-state index in [9.17, 15) is 0 Å². The van der Waals surface area contributed by atoms with Crippen LogP contribution in [-0.2, 0) is 6.61 Å². The molecule has 0 spiro atoms. The zero-order valence-electron chi connectivity index (χ0n) is 8.76. The summed E-state index contributed by atoms with van der Waals surface area (Å²) in [6.45, 7) is 3.19. The number of hydrogen-bond donors (Lipinski definition) is 1. The lowest BCUT2D eigenvalue weighted by Crippen LogP contribution is -2.40. The molecule has 1 aliphatic rings. The van der Waals surface area contributed by atoms with Crippen LogP contribution in [0.15, 0.2) is 12.4 Å². The van der Waals surface area contributed by atoms with Crippen molar-refractivity contribution in [3.05, 3.63) is 18.1 Å². The summed E-state index contributed by atoms with van der Waals surface area (Å²) < 4.78 is 0. The number of hydrogen-bond acceptors (Lipinski definition) is 5. The second-order valence-electron chi connectivity index (χ2n) is 3.64. The number of aliphatic hydroxyl groups is 1. The molecule has 1 unspecified atom stereocenters. The molecule has 0 aromatic carbocycles. The topological polar surface area (TPSA) is 49.2 Å². The summed E-state index contributed by atoms with van der Waals surface area (Å²) in [5.74, 6) is 3.21. The van der Waals surface area contributed by atoms with Crippen LogP contribution in [0.25, 0.3) is 0 Å². The summed E-state index contributed by atoms with van der Waals surface area (Å²) in [6, 6.07) is 0.512. The average Bonchev–Trinajstić information content (AvgIpc) is 2.30. The molecule has 5 heteroatoms. The van der Waals surface area contributed by atoms with Crippen LogP contribution in [0.2, 0.25) is 0 Å². The van der Waals surface area contributed by atoms with Gasteiger partial charge in [0, 0.05) is 24.1 Å². The SMILES string of the molecule is CC1CSCCN1c1cnc(CO)cn1. The number of nitrogens with zero attached hydrogens (tertiary/aromatic N) is 3. The van der Waals surface area contributed by atoms with Gasteiger partial charge in [0.2, 0.25) is 0 Å². The molecule has 1 N–H and O–H groups in total. The molecular formula is C10H15N3OS. The van der Waals surface area contributed by atoms with Crippen molar-refractivity contribution >= 4 is 17.6 Å². The van der Waals surface area contributed by atoms with Crippen LogP contribution in [0.1, 0.15) is 12.6 Å². The summed E-state index contributed by atoms with van der Waals surface area (Å²) in [5.41, 5.74) is 0.623. The van der Waals surface area contributed by atoms with Gasteiger partial charge in [-0.3, -0.25) is 4.98 Å². The van der Waals surface area contributed by atoms with Gasteiger partial charge in [0.1, 0.15) is 5.82 Å². The van der Waals surface area contributed by atoms with Crippen molar-refractivity contribution < 1.29 is 5.11 Å². The van der Waals surface area contributed by atoms with Crippen LogP contribution in [-0.4, -0.2) is 39.2 Å². The minimum Gasteiger partial charge on any atom is -0.390 e. The molecule has 15 heavy (non-hydrogen) atoms. The van der Waals surface area contributed by atoms with Crippen molar-refractivity contribution in [1.29, 1.82) is 0 Å². The van der Waals surface area contributed by atoms with Crippen molar-refractivity contribution in [3.8, 4) is 0 Å². The van der Waals surface area contributed by atoms with Crippen LogP contribution < -0.4 is 4.90 Å². The van der Waals surface area contributed by atoms with E-state index >= 15 is 0 Å². The molecule has 0 amide bonds. The first-order chi connectivity index (χ1) is 7.31. The van der Waals surface area contributed by atoms with Crippen LogP contribution in [0.3, 0.4) is 0 Å². The Balaban J connectivity index is 2.13. The van der Waals surface area contributed by atoms with Crippen molar-refractivity contribution in [2.24, 2.45) is 0 Å². The number of aliphatic hydroxyl groups excluding tert-OH is 1. The third kappa shape index (κ3) is 2.41. The highest BCUT2D eigenvalue weighted by atomic mass is 32.2. The highest BCUT2D eigenvalue weighted by Crippen LogP contribution is 2.21. The molecule has 1 fully saturated rings. The minimum absolute atomic E-state index is 0.0430. The maximum Gasteiger partial charge on any atom is 0.147 e. The largest absolute Gasteiger partial charge is 0.390 e. The predicted molar refractivity (Wildman–Crippen MR) is 62.1 cm³/mol. The number of rotatable bonds is 2. The van der Waals surface area contributed by atoms with Gasteiger partial charge >= 0.3 is 0 Å². The molecule has 1 saturated heterocycles. The van der Waals surface area contributed by atoms with Gasteiger partial charge in [-0.2, -0.15) is 11.8 Å². The second-order valence-corrected chi connectivity index (χ2v) is 4.79. The first-order valence-corrected chi connectivity index (χ1v) is 6.23. The fourth-order valence-corrected chi connectivity index (χ4v) is 2.66. The van der Waals surface area contributed by atoms with E-state index in [2.05, 4.69) is 21.8 Å². The number of anilines is 1. The van der Waals surface area contributed by atoms with Crippen LogP contribution in [0.4, 0.5) is 5.82 Å². The van der Waals surface area contributed by atoms with Gasteiger partial charge in [-0.05, 0) is 6.92 Å². The lowest BCUT2D eigenvalue weighted by Gasteiger charge is -2.33. The zero-order valence-corrected chi connectivity index (χ0v) is 9.57.